The van der Waals surface area contributed by atoms with Crippen molar-refractivity contribution >= 4 is 34.6 Å². The summed E-state index contributed by atoms with van der Waals surface area (Å²) in [6.07, 6.45) is 0. The van der Waals surface area contributed by atoms with Gasteiger partial charge >= 0.3 is 0 Å². The van der Waals surface area contributed by atoms with E-state index < -0.39 is 0 Å². The van der Waals surface area contributed by atoms with Gasteiger partial charge in [-0.3, -0.25) is 9.59 Å². The van der Waals surface area contributed by atoms with E-state index in [1.54, 1.807) is 12.1 Å². The summed E-state index contributed by atoms with van der Waals surface area (Å²) in [7, 11) is 0. The molecule has 0 atom stereocenters. The topological polar surface area (TPSA) is 70.2 Å². The zero-order chi connectivity index (χ0) is 15.2. The molecule has 0 aromatic heterocycles. The molecule has 108 valence electrons. The molecule has 0 aliphatic rings. The molecule has 2 aromatic carbocycles. The molecule has 3 N–H and O–H groups in total. The molecule has 0 spiro atoms. The van der Waals surface area contributed by atoms with E-state index >= 15 is 0 Å². The van der Waals surface area contributed by atoms with Crippen molar-refractivity contribution < 1.29 is 9.59 Å². The predicted octanol–water partition coefficient (Wildman–Crippen LogP) is 3.35. The molecule has 0 saturated carbocycles. The Morgan fingerprint density at radius 3 is 2.05 bits per heavy atom. The van der Waals surface area contributed by atoms with Crippen molar-refractivity contribution in [2.45, 2.75) is 13.8 Å². The normalized spacial score (nSPS) is 9.81. The summed E-state index contributed by atoms with van der Waals surface area (Å²) in [6, 6.07) is 14.9. The molecule has 0 aliphatic heterocycles. The molecule has 5 nitrogen and oxygen atoms in total. The number of para-hydroxylation sites is 1. The zero-order valence-electron chi connectivity index (χ0n) is 11.9. The van der Waals surface area contributed by atoms with E-state index in [4.69, 9.17) is 0 Å². The van der Waals surface area contributed by atoms with Gasteiger partial charge < -0.3 is 16.0 Å². The van der Waals surface area contributed by atoms with Gasteiger partial charge in [0.25, 0.3) is 0 Å². The molecular formula is C16H17N3O2. The quantitative estimate of drug-likeness (QED) is 0.806. The summed E-state index contributed by atoms with van der Waals surface area (Å²) in [5, 5.41) is 8.68. The number of carbonyl (C=O) groups excluding carboxylic acids is 2. The Morgan fingerprint density at radius 2 is 1.43 bits per heavy atom. The van der Waals surface area contributed by atoms with Crippen LogP contribution in [0.25, 0.3) is 0 Å². The van der Waals surface area contributed by atoms with Crippen LogP contribution in [0.4, 0.5) is 22.7 Å². The summed E-state index contributed by atoms with van der Waals surface area (Å²) >= 11 is 0. The first-order chi connectivity index (χ1) is 10.0. The Labute approximate surface area is 123 Å². The van der Waals surface area contributed by atoms with Crippen molar-refractivity contribution in [1.82, 2.24) is 0 Å². The van der Waals surface area contributed by atoms with E-state index in [1.165, 1.54) is 13.8 Å². The molecule has 0 heterocycles. The fraction of sp³-hybridized carbons (Fsp3) is 0.125. The summed E-state index contributed by atoms with van der Waals surface area (Å²) < 4.78 is 0. The van der Waals surface area contributed by atoms with Crippen LogP contribution in [0, 0.1) is 0 Å². The Bertz CT molecular complexity index is 654. The van der Waals surface area contributed by atoms with Gasteiger partial charge in [-0.05, 0) is 30.3 Å². The van der Waals surface area contributed by atoms with Gasteiger partial charge in [0.1, 0.15) is 0 Å². The molecule has 2 rings (SSSR count). The minimum absolute atomic E-state index is 0.160. The highest BCUT2D eigenvalue weighted by atomic mass is 16.2. The van der Waals surface area contributed by atoms with Gasteiger partial charge in [0, 0.05) is 25.2 Å². The average Bonchev–Trinajstić information content (AvgIpc) is 2.41. The number of benzene rings is 2. The second-order valence-corrected chi connectivity index (χ2v) is 4.61. The molecular weight excluding hydrogens is 266 g/mol. The molecule has 0 unspecified atom stereocenters. The Balaban J connectivity index is 2.30. The lowest BCUT2D eigenvalue weighted by Crippen LogP contribution is -2.10. The third-order valence-electron chi connectivity index (χ3n) is 2.70. The van der Waals surface area contributed by atoms with E-state index in [9.17, 15) is 9.59 Å². The van der Waals surface area contributed by atoms with Gasteiger partial charge in [0.15, 0.2) is 0 Å². The molecule has 0 saturated heterocycles. The standard InChI is InChI=1S/C16H17N3O2/c1-11(20)17-14-8-9-15(16(10-14)18-12(2)21)19-13-6-4-3-5-7-13/h3-10,19H,1-2H3,(H,17,20)(H,18,21). The van der Waals surface area contributed by atoms with Crippen molar-refractivity contribution in [3.63, 3.8) is 0 Å². The highest BCUT2D eigenvalue weighted by Gasteiger charge is 2.07. The monoisotopic (exact) mass is 283 g/mol. The van der Waals surface area contributed by atoms with Crippen LogP contribution in [0.3, 0.4) is 0 Å². The number of hydrogen-bond acceptors (Lipinski definition) is 3. The van der Waals surface area contributed by atoms with E-state index in [0.29, 0.717) is 11.4 Å². The molecule has 2 amide bonds. The van der Waals surface area contributed by atoms with Crippen molar-refractivity contribution in [2.24, 2.45) is 0 Å². The summed E-state index contributed by atoms with van der Waals surface area (Å²) in [5.41, 5.74) is 2.91. The van der Waals surface area contributed by atoms with Crippen LogP contribution < -0.4 is 16.0 Å². The van der Waals surface area contributed by atoms with E-state index in [0.717, 1.165) is 11.4 Å². The molecule has 5 heteroatoms. The largest absolute Gasteiger partial charge is 0.354 e. The predicted molar refractivity (Wildman–Crippen MR) is 84.8 cm³/mol. The summed E-state index contributed by atoms with van der Waals surface area (Å²) in [5.74, 6) is -0.335. The average molecular weight is 283 g/mol. The fourth-order valence-electron chi connectivity index (χ4n) is 1.90. The highest BCUT2D eigenvalue weighted by Crippen LogP contribution is 2.28. The smallest absolute Gasteiger partial charge is 0.221 e. The third-order valence-corrected chi connectivity index (χ3v) is 2.70. The van der Waals surface area contributed by atoms with Gasteiger partial charge in [-0.1, -0.05) is 18.2 Å². The van der Waals surface area contributed by atoms with Crippen molar-refractivity contribution in [3.8, 4) is 0 Å². The minimum Gasteiger partial charge on any atom is -0.354 e. The van der Waals surface area contributed by atoms with Gasteiger partial charge in [0.2, 0.25) is 11.8 Å². The SMILES string of the molecule is CC(=O)Nc1ccc(Nc2ccccc2)c(NC(C)=O)c1. The number of nitrogens with one attached hydrogen (secondary N) is 3. The Kier molecular flexibility index (Phi) is 4.56. The number of carbonyl (C=O) groups is 2. The van der Waals surface area contributed by atoms with Gasteiger partial charge in [-0.2, -0.15) is 0 Å². The molecule has 0 fully saturated rings. The number of anilines is 4. The summed E-state index contributed by atoms with van der Waals surface area (Å²) in [4.78, 5) is 22.4. The maximum Gasteiger partial charge on any atom is 0.221 e. The van der Waals surface area contributed by atoms with Gasteiger partial charge in [-0.25, -0.2) is 0 Å². The van der Waals surface area contributed by atoms with Crippen LogP contribution in [-0.2, 0) is 9.59 Å². The van der Waals surface area contributed by atoms with Crippen molar-refractivity contribution in [2.75, 3.05) is 16.0 Å². The van der Waals surface area contributed by atoms with E-state index in [2.05, 4.69) is 16.0 Å². The van der Waals surface area contributed by atoms with E-state index in [1.807, 2.05) is 36.4 Å². The molecule has 0 bridgehead atoms. The second kappa shape index (κ2) is 6.56. The Morgan fingerprint density at radius 1 is 0.762 bits per heavy atom. The molecule has 2 aromatic rings. The first kappa shape index (κ1) is 14.6. The minimum atomic E-state index is -0.175. The number of amides is 2. The lowest BCUT2D eigenvalue weighted by Gasteiger charge is -2.14. The third kappa shape index (κ3) is 4.35. The first-order valence-electron chi connectivity index (χ1n) is 6.56. The number of hydrogen-bond donors (Lipinski definition) is 3. The first-order valence-corrected chi connectivity index (χ1v) is 6.56. The maximum atomic E-state index is 11.3. The van der Waals surface area contributed by atoms with E-state index in [-0.39, 0.29) is 11.8 Å². The van der Waals surface area contributed by atoms with Crippen LogP contribution in [0.1, 0.15) is 13.8 Å². The number of rotatable bonds is 4. The highest BCUT2D eigenvalue weighted by molar-refractivity contribution is 5.96. The van der Waals surface area contributed by atoms with Crippen LogP contribution >= 0.6 is 0 Å². The molecule has 21 heavy (non-hydrogen) atoms. The van der Waals surface area contributed by atoms with Crippen LogP contribution in [0.15, 0.2) is 48.5 Å². The maximum absolute atomic E-state index is 11.3. The van der Waals surface area contributed by atoms with Crippen molar-refractivity contribution in [3.05, 3.63) is 48.5 Å². The van der Waals surface area contributed by atoms with Gasteiger partial charge in [0.05, 0.1) is 11.4 Å². The zero-order valence-corrected chi connectivity index (χ0v) is 11.9. The van der Waals surface area contributed by atoms with Crippen LogP contribution in [0.5, 0.6) is 0 Å². The molecule has 0 aliphatic carbocycles. The summed E-state index contributed by atoms with van der Waals surface area (Å²) in [6.45, 7) is 2.88. The van der Waals surface area contributed by atoms with Crippen molar-refractivity contribution in [1.29, 1.82) is 0 Å². The van der Waals surface area contributed by atoms with Crippen LogP contribution in [0.2, 0.25) is 0 Å². The molecule has 0 radical (unpaired) electrons. The fourth-order valence-corrected chi connectivity index (χ4v) is 1.90. The lowest BCUT2D eigenvalue weighted by molar-refractivity contribution is -0.115. The second-order valence-electron chi connectivity index (χ2n) is 4.61. The lowest BCUT2D eigenvalue weighted by atomic mass is 10.2. The van der Waals surface area contributed by atoms with Crippen LogP contribution in [-0.4, -0.2) is 11.8 Å². The Hall–Kier alpha value is -2.82. The van der Waals surface area contributed by atoms with Gasteiger partial charge in [-0.15, -0.1) is 0 Å².